The van der Waals surface area contributed by atoms with E-state index in [1.807, 2.05) is 0 Å². The van der Waals surface area contributed by atoms with Crippen LogP contribution in [0.25, 0.3) is 0 Å². The second kappa shape index (κ2) is 3.56. The largest absolute Gasteiger partial charge is 0.467 e. The van der Waals surface area contributed by atoms with Crippen molar-refractivity contribution in [2.75, 3.05) is 13.7 Å². The summed E-state index contributed by atoms with van der Waals surface area (Å²) >= 11 is 0. The molecule has 1 saturated heterocycles. The fourth-order valence-electron chi connectivity index (χ4n) is 1.42. The zero-order valence-corrected chi connectivity index (χ0v) is 7.46. The molecule has 1 atom stereocenters. The Balaban J connectivity index is 2.57. The predicted molar refractivity (Wildman–Crippen MR) is 45.1 cm³/mol. The molecule has 4 nitrogen and oxygen atoms in total. The summed E-state index contributed by atoms with van der Waals surface area (Å²) in [5, 5.41) is 7.52. The maximum Gasteiger partial charge on any atom is 0.328 e. The van der Waals surface area contributed by atoms with Gasteiger partial charge in [0.2, 0.25) is 0 Å². The summed E-state index contributed by atoms with van der Waals surface area (Å²) in [4.78, 5) is 12.9. The number of carbonyl (C=O) groups excluding carboxylic acids is 1. The Hall–Kier alpha value is -1.06. The van der Waals surface area contributed by atoms with Crippen molar-refractivity contribution in [3.8, 4) is 0 Å². The van der Waals surface area contributed by atoms with Crippen LogP contribution in [-0.4, -0.2) is 36.4 Å². The third-order valence-electron chi connectivity index (χ3n) is 2.17. The lowest BCUT2D eigenvalue weighted by Crippen LogP contribution is -2.40. The molecule has 0 radical (unpaired) electrons. The Morgan fingerprint density at radius 2 is 2.42 bits per heavy atom. The molecule has 12 heavy (non-hydrogen) atoms. The quantitative estimate of drug-likeness (QED) is 0.618. The number of hydrogen-bond donors (Lipinski definition) is 1. The van der Waals surface area contributed by atoms with Crippen molar-refractivity contribution in [1.82, 2.24) is 4.90 Å². The highest BCUT2D eigenvalue weighted by molar-refractivity contribution is 5.87. The molecule has 0 aromatic rings. The molecule has 0 saturated carbocycles. The highest BCUT2D eigenvalue weighted by Gasteiger charge is 2.27. The third kappa shape index (κ3) is 1.57. The number of likely N-dealkylation sites (tertiary alicyclic amines) is 1. The first-order chi connectivity index (χ1) is 5.66. The second-order valence-corrected chi connectivity index (χ2v) is 2.94. The number of nitrogens with one attached hydrogen (secondary N) is 1. The molecule has 68 valence electrons. The van der Waals surface area contributed by atoms with Gasteiger partial charge in [-0.15, -0.1) is 0 Å². The fraction of sp³-hybridized carbons (Fsp3) is 0.750. The molecule has 1 aliphatic heterocycles. The molecular formula is C8H14N2O2. The van der Waals surface area contributed by atoms with Crippen LogP contribution in [0.1, 0.15) is 19.8 Å². The number of esters is 1. The van der Waals surface area contributed by atoms with Crippen molar-refractivity contribution in [2.45, 2.75) is 25.8 Å². The van der Waals surface area contributed by atoms with E-state index in [4.69, 9.17) is 5.41 Å². The SMILES string of the molecule is COC(=O)C(C)N1CCCC1=N. The summed E-state index contributed by atoms with van der Waals surface area (Å²) in [7, 11) is 1.37. The normalized spacial score (nSPS) is 19.5. The minimum absolute atomic E-state index is 0.262. The third-order valence-corrected chi connectivity index (χ3v) is 2.17. The number of methoxy groups -OCH3 is 1. The summed E-state index contributed by atoms with van der Waals surface area (Å²) < 4.78 is 4.60. The lowest BCUT2D eigenvalue weighted by Gasteiger charge is -2.23. The van der Waals surface area contributed by atoms with E-state index >= 15 is 0 Å². The van der Waals surface area contributed by atoms with Crippen molar-refractivity contribution in [2.24, 2.45) is 0 Å². The molecule has 4 heteroatoms. The van der Waals surface area contributed by atoms with Crippen LogP contribution < -0.4 is 0 Å². The van der Waals surface area contributed by atoms with Crippen LogP contribution in [0.4, 0.5) is 0 Å². The molecule has 1 heterocycles. The maximum absolute atomic E-state index is 11.1. The Bertz CT molecular complexity index is 203. The minimum Gasteiger partial charge on any atom is -0.467 e. The van der Waals surface area contributed by atoms with Gasteiger partial charge in [0.1, 0.15) is 6.04 Å². The van der Waals surface area contributed by atoms with E-state index in [0.29, 0.717) is 5.84 Å². The van der Waals surface area contributed by atoms with Crippen LogP contribution in [0.2, 0.25) is 0 Å². The van der Waals surface area contributed by atoms with Crippen LogP contribution >= 0.6 is 0 Å². The van der Waals surface area contributed by atoms with Gasteiger partial charge in [0.05, 0.1) is 12.9 Å². The van der Waals surface area contributed by atoms with Crippen molar-refractivity contribution in [1.29, 1.82) is 5.41 Å². The second-order valence-electron chi connectivity index (χ2n) is 2.94. The predicted octanol–water partition coefficient (Wildman–Crippen LogP) is 0.621. The number of amidine groups is 1. The van der Waals surface area contributed by atoms with Gasteiger partial charge in [-0.05, 0) is 13.3 Å². The number of rotatable bonds is 2. The summed E-state index contributed by atoms with van der Waals surface area (Å²) in [5.74, 6) is 0.287. The molecule has 0 bridgehead atoms. The zero-order chi connectivity index (χ0) is 9.14. The number of nitrogens with zero attached hydrogens (tertiary/aromatic N) is 1. The summed E-state index contributed by atoms with van der Waals surface area (Å²) in [6.07, 6.45) is 1.75. The molecule has 0 amide bonds. The zero-order valence-electron chi connectivity index (χ0n) is 7.46. The van der Waals surface area contributed by atoms with Gasteiger partial charge < -0.3 is 9.64 Å². The minimum atomic E-state index is -0.301. The van der Waals surface area contributed by atoms with E-state index in [2.05, 4.69) is 4.74 Å². The first kappa shape index (κ1) is 9.03. The molecule has 1 fully saturated rings. The molecule has 0 aliphatic carbocycles. The van der Waals surface area contributed by atoms with E-state index in [0.717, 1.165) is 19.4 Å². The van der Waals surface area contributed by atoms with Crippen molar-refractivity contribution in [3.05, 3.63) is 0 Å². The molecule has 1 rings (SSSR count). The Labute approximate surface area is 72.0 Å². The van der Waals surface area contributed by atoms with E-state index in [1.165, 1.54) is 7.11 Å². The average molecular weight is 170 g/mol. The number of carbonyl (C=O) groups is 1. The smallest absolute Gasteiger partial charge is 0.328 e. The Morgan fingerprint density at radius 1 is 1.75 bits per heavy atom. The number of ether oxygens (including phenoxy) is 1. The van der Waals surface area contributed by atoms with Crippen molar-refractivity contribution < 1.29 is 9.53 Å². The Morgan fingerprint density at radius 3 is 2.83 bits per heavy atom. The molecule has 1 unspecified atom stereocenters. The van der Waals surface area contributed by atoms with E-state index in [-0.39, 0.29) is 12.0 Å². The highest BCUT2D eigenvalue weighted by atomic mass is 16.5. The molecule has 0 spiro atoms. The Kier molecular flexibility index (Phi) is 2.68. The monoisotopic (exact) mass is 170 g/mol. The standard InChI is InChI=1S/C8H14N2O2/c1-6(8(11)12-2)10-5-3-4-7(10)9/h6,9H,3-5H2,1-2H3. The molecule has 1 aliphatic rings. The van der Waals surface area contributed by atoms with Crippen LogP contribution in [0.5, 0.6) is 0 Å². The lowest BCUT2D eigenvalue weighted by atomic mass is 10.3. The van der Waals surface area contributed by atoms with E-state index < -0.39 is 0 Å². The van der Waals surface area contributed by atoms with Crippen molar-refractivity contribution >= 4 is 11.8 Å². The summed E-state index contributed by atoms with van der Waals surface area (Å²) in [5.41, 5.74) is 0. The van der Waals surface area contributed by atoms with Crippen molar-refractivity contribution in [3.63, 3.8) is 0 Å². The van der Waals surface area contributed by atoms with E-state index in [9.17, 15) is 4.79 Å². The first-order valence-corrected chi connectivity index (χ1v) is 4.08. The van der Waals surface area contributed by atoms with Gasteiger partial charge in [-0.1, -0.05) is 0 Å². The van der Waals surface area contributed by atoms with Crippen LogP contribution in [0, 0.1) is 5.41 Å². The van der Waals surface area contributed by atoms with Gasteiger partial charge in [-0.2, -0.15) is 0 Å². The van der Waals surface area contributed by atoms with Gasteiger partial charge in [0.15, 0.2) is 0 Å². The van der Waals surface area contributed by atoms with Gasteiger partial charge in [-0.25, -0.2) is 4.79 Å². The molecular weight excluding hydrogens is 156 g/mol. The van der Waals surface area contributed by atoms with E-state index in [1.54, 1.807) is 11.8 Å². The topological polar surface area (TPSA) is 53.4 Å². The fourth-order valence-corrected chi connectivity index (χ4v) is 1.42. The summed E-state index contributed by atoms with van der Waals surface area (Å²) in [6.45, 7) is 2.57. The number of hydrogen-bond acceptors (Lipinski definition) is 3. The highest BCUT2D eigenvalue weighted by Crippen LogP contribution is 2.14. The maximum atomic E-state index is 11.1. The molecule has 1 N–H and O–H groups in total. The van der Waals surface area contributed by atoms with Crippen LogP contribution in [0.3, 0.4) is 0 Å². The average Bonchev–Trinajstić information content (AvgIpc) is 2.48. The van der Waals surface area contributed by atoms with Crippen LogP contribution in [0.15, 0.2) is 0 Å². The first-order valence-electron chi connectivity index (χ1n) is 4.08. The lowest BCUT2D eigenvalue weighted by molar-refractivity contribution is -0.144. The molecule has 0 aromatic carbocycles. The van der Waals surface area contributed by atoms with Gasteiger partial charge in [0.25, 0.3) is 0 Å². The molecule has 0 aromatic heterocycles. The summed E-state index contributed by atoms with van der Waals surface area (Å²) in [6, 6.07) is -0.301. The van der Waals surface area contributed by atoms with Gasteiger partial charge in [-0.3, -0.25) is 5.41 Å². The van der Waals surface area contributed by atoms with Crippen LogP contribution in [-0.2, 0) is 9.53 Å². The van der Waals surface area contributed by atoms with Gasteiger partial charge >= 0.3 is 5.97 Å². The van der Waals surface area contributed by atoms with Gasteiger partial charge in [0, 0.05) is 13.0 Å².